The first-order valence-electron chi connectivity index (χ1n) is 8.06. The smallest absolute Gasteiger partial charge is 0.339 e. The fraction of sp³-hybridized carbons (Fsp3) is 0.158. The maximum absolute atomic E-state index is 11.9. The highest BCUT2D eigenvalue weighted by molar-refractivity contribution is 5.96. The van der Waals surface area contributed by atoms with Crippen molar-refractivity contribution in [2.24, 2.45) is 0 Å². The van der Waals surface area contributed by atoms with Crippen molar-refractivity contribution in [2.45, 2.75) is 13.8 Å². The second kappa shape index (κ2) is 7.60. The number of ether oxygens (including phenoxy) is 1. The van der Waals surface area contributed by atoms with E-state index in [-0.39, 0.29) is 5.95 Å². The summed E-state index contributed by atoms with van der Waals surface area (Å²) in [5.74, 6) is 0.383. The summed E-state index contributed by atoms with van der Waals surface area (Å²) in [5.41, 5.74) is 4.21. The Morgan fingerprint density at radius 2 is 1.77 bits per heavy atom. The Morgan fingerprint density at radius 3 is 2.58 bits per heavy atom. The van der Waals surface area contributed by atoms with Crippen molar-refractivity contribution in [1.29, 1.82) is 0 Å². The number of hydrogen-bond acceptors (Lipinski definition) is 7. The zero-order valence-electron chi connectivity index (χ0n) is 14.8. The molecule has 2 aromatic carbocycles. The second-order valence-corrected chi connectivity index (χ2v) is 5.70. The predicted octanol–water partition coefficient (Wildman–Crippen LogP) is 3.76. The normalized spacial score (nSPS) is 10.3. The van der Waals surface area contributed by atoms with Gasteiger partial charge in [-0.2, -0.15) is 10.1 Å². The topological polar surface area (TPSA) is 89.0 Å². The Hall–Kier alpha value is -3.48. The number of aryl methyl sites for hydroxylation is 1. The molecule has 26 heavy (non-hydrogen) atoms. The van der Waals surface area contributed by atoms with Gasteiger partial charge in [0.15, 0.2) is 5.82 Å². The minimum atomic E-state index is -0.439. The third-order valence-electron chi connectivity index (χ3n) is 4.01. The number of anilines is 4. The van der Waals surface area contributed by atoms with Gasteiger partial charge in [-0.3, -0.25) is 0 Å². The van der Waals surface area contributed by atoms with Crippen LogP contribution in [0.5, 0.6) is 0 Å². The lowest BCUT2D eigenvalue weighted by atomic mass is 10.1. The molecule has 0 saturated heterocycles. The van der Waals surface area contributed by atoms with Crippen LogP contribution in [-0.2, 0) is 4.74 Å². The number of rotatable bonds is 5. The van der Waals surface area contributed by atoms with Crippen LogP contribution in [0.4, 0.5) is 23.1 Å². The molecule has 2 N–H and O–H groups in total. The van der Waals surface area contributed by atoms with Crippen LogP contribution < -0.4 is 10.6 Å². The van der Waals surface area contributed by atoms with Gasteiger partial charge in [-0.25, -0.2) is 4.79 Å². The maximum Gasteiger partial charge on any atom is 0.339 e. The maximum atomic E-state index is 11.9. The van der Waals surface area contributed by atoms with E-state index in [0.29, 0.717) is 17.1 Å². The van der Waals surface area contributed by atoms with E-state index in [1.807, 2.05) is 19.1 Å². The molecule has 0 atom stereocenters. The van der Waals surface area contributed by atoms with Crippen LogP contribution >= 0.6 is 0 Å². The van der Waals surface area contributed by atoms with Gasteiger partial charge in [0.2, 0.25) is 5.95 Å². The monoisotopic (exact) mass is 349 g/mol. The Kier molecular flexibility index (Phi) is 5.07. The quantitative estimate of drug-likeness (QED) is 0.678. The molecule has 0 spiro atoms. The zero-order chi connectivity index (χ0) is 18.5. The van der Waals surface area contributed by atoms with Crippen molar-refractivity contribution in [3.8, 4) is 0 Å². The highest BCUT2D eigenvalue weighted by atomic mass is 16.5. The van der Waals surface area contributed by atoms with Gasteiger partial charge >= 0.3 is 5.97 Å². The van der Waals surface area contributed by atoms with Gasteiger partial charge in [-0.1, -0.05) is 24.3 Å². The lowest BCUT2D eigenvalue weighted by Crippen LogP contribution is -2.08. The molecule has 0 radical (unpaired) electrons. The molecule has 1 aromatic heterocycles. The molecule has 0 bridgehead atoms. The standard InChI is InChI=1S/C19H19N5O2/c1-12-7-6-10-15(13(12)2)21-17-11-20-24-19(23-17)22-16-9-5-4-8-14(16)18(25)26-3/h4-11H,1-3H3,(H2,21,22,23,24). The molecule has 0 fully saturated rings. The van der Waals surface area contributed by atoms with Gasteiger partial charge in [0.1, 0.15) is 0 Å². The van der Waals surface area contributed by atoms with Crippen LogP contribution in [0.2, 0.25) is 0 Å². The van der Waals surface area contributed by atoms with Crippen LogP contribution in [0.25, 0.3) is 0 Å². The van der Waals surface area contributed by atoms with E-state index < -0.39 is 5.97 Å². The van der Waals surface area contributed by atoms with Crippen molar-refractivity contribution in [1.82, 2.24) is 15.2 Å². The number of nitrogens with zero attached hydrogens (tertiary/aromatic N) is 3. The van der Waals surface area contributed by atoms with Crippen molar-refractivity contribution >= 4 is 29.1 Å². The molecule has 0 aliphatic heterocycles. The molecule has 132 valence electrons. The summed E-state index contributed by atoms with van der Waals surface area (Å²) < 4.78 is 4.79. The summed E-state index contributed by atoms with van der Waals surface area (Å²) in [6.45, 7) is 4.09. The average Bonchev–Trinajstić information content (AvgIpc) is 2.66. The Labute approximate surface area is 151 Å². The van der Waals surface area contributed by atoms with Gasteiger partial charge in [-0.05, 0) is 43.2 Å². The zero-order valence-corrected chi connectivity index (χ0v) is 14.8. The number of para-hydroxylation sites is 1. The highest BCUT2D eigenvalue weighted by Gasteiger charge is 2.12. The lowest BCUT2D eigenvalue weighted by molar-refractivity contribution is 0.0602. The molecule has 0 amide bonds. The third-order valence-corrected chi connectivity index (χ3v) is 4.01. The molecule has 3 rings (SSSR count). The number of benzene rings is 2. The van der Waals surface area contributed by atoms with E-state index in [9.17, 15) is 4.79 Å². The van der Waals surface area contributed by atoms with Crippen LogP contribution in [-0.4, -0.2) is 28.3 Å². The number of carbonyl (C=O) groups is 1. The van der Waals surface area contributed by atoms with E-state index >= 15 is 0 Å². The Bertz CT molecular complexity index is 943. The van der Waals surface area contributed by atoms with Crippen molar-refractivity contribution < 1.29 is 9.53 Å². The summed E-state index contributed by atoms with van der Waals surface area (Å²) in [5, 5.41) is 14.2. The number of carbonyl (C=O) groups excluding carboxylic acids is 1. The van der Waals surface area contributed by atoms with Crippen LogP contribution in [0.1, 0.15) is 21.5 Å². The number of nitrogens with one attached hydrogen (secondary N) is 2. The first kappa shape index (κ1) is 17.3. The first-order chi connectivity index (χ1) is 12.6. The van der Waals surface area contributed by atoms with Gasteiger partial charge in [0, 0.05) is 5.69 Å². The van der Waals surface area contributed by atoms with Crippen LogP contribution in [0.15, 0.2) is 48.7 Å². The van der Waals surface area contributed by atoms with E-state index in [0.717, 1.165) is 11.3 Å². The summed E-state index contributed by atoms with van der Waals surface area (Å²) >= 11 is 0. The predicted molar refractivity (Wildman–Crippen MR) is 100 cm³/mol. The minimum absolute atomic E-state index is 0.275. The highest BCUT2D eigenvalue weighted by Crippen LogP contribution is 2.23. The SMILES string of the molecule is COC(=O)c1ccccc1Nc1nncc(Nc2cccc(C)c2C)n1. The summed E-state index contributed by atoms with van der Waals surface area (Å²) in [6.07, 6.45) is 1.54. The summed E-state index contributed by atoms with van der Waals surface area (Å²) in [4.78, 5) is 16.3. The van der Waals surface area contributed by atoms with Gasteiger partial charge in [0.05, 0.1) is 24.6 Å². The van der Waals surface area contributed by atoms with Crippen molar-refractivity contribution in [3.05, 3.63) is 65.4 Å². The van der Waals surface area contributed by atoms with Crippen LogP contribution in [0.3, 0.4) is 0 Å². The lowest BCUT2D eigenvalue weighted by Gasteiger charge is -2.12. The fourth-order valence-corrected chi connectivity index (χ4v) is 2.44. The van der Waals surface area contributed by atoms with Gasteiger partial charge < -0.3 is 15.4 Å². The molecule has 0 aliphatic carbocycles. The van der Waals surface area contributed by atoms with E-state index in [2.05, 4.69) is 38.8 Å². The minimum Gasteiger partial charge on any atom is -0.465 e. The number of hydrogen-bond donors (Lipinski definition) is 2. The Morgan fingerprint density at radius 1 is 1.00 bits per heavy atom. The molecule has 1 heterocycles. The molecule has 0 unspecified atom stereocenters. The van der Waals surface area contributed by atoms with E-state index in [1.54, 1.807) is 30.5 Å². The number of esters is 1. The molecule has 7 heteroatoms. The second-order valence-electron chi connectivity index (χ2n) is 5.70. The number of methoxy groups -OCH3 is 1. The van der Waals surface area contributed by atoms with Crippen molar-refractivity contribution in [2.75, 3.05) is 17.7 Å². The molecule has 3 aromatic rings. The average molecular weight is 349 g/mol. The van der Waals surface area contributed by atoms with E-state index in [4.69, 9.17) is 4.74 Å². The summed E-state index contributed by atoms with van der Waals surface area (Å²) in [7, 11) is 1.34. The van der Waals surface area contributed by atoms with Gasteiger partial charge in [0.25, 0.3) is 0 Å². The largest absolute Gasteiger partial charge is 0.465 e. The first-order valence-corrected chi connectivity index (χ1v) is 8.06. The van der Waals surface area contributed by atoms with Crippen molar-refractivity contribution in [3.63, 3.8) is 0 Å². The summed E-state index contributed by atoms with van der Waals surface area (Å²) in [6, 6.07) is 13.0. The Balaban J connectivity index is 1.85. The molecular weight excluding hydrogens is 330 g/mol. The molecule has 7 nitrogen and oxygen atoms in total. The number of aromatic nitrogens is 3. The third kappa shape index (κ3) is 3.77. The molecule has 0 aliphatic rings. The molecular formula is C19H19N5O2. The van der Waals surface area contributed by atoms with E-state index in [1.165, 1.54) is 12.7 Å². The van der Waals surface area contributed by atoms with Crippen LogP contribution in [0, 0.1) is 13.8 Å². The molecule has 0 saturated carbocycles. The fourth-order valence-electron chi connectivity index (χ4n) is 2.44. The van der Waals surface area contributed by atoms with Gasteiger partial charge in [-0.15, -0.1) is 5.10 Å².